The zero-order chi connectivity index (χ0) is 11.9. The fourth-order valence-corrected chi connectivity index (χ4v) is 1.85. The van der Waals surface area contributed by atoms with Crippen molar-refractivity contribution < 1.29 is 4.79 Å². The fourth-order valence-electron chi connectivity index (χ4n) is 1.85. The molecule has 2 rings (SSSR count). The van der Waals surface area contributed by atoms with Crippen molar-refractivity contribution in [2.24, 2.45) is 11.0 Å². The normalized spacial score (nSPS) is 17.2. The molecule has 1 amide bonds. The van der Waals surface area contributed by atoms with Gasteiger partial charge in [-0.25, -0.2) is 5.43 Å². The smallest absolute Gasteiger partial charge is 0.271 e. The van der Waals surface area contributed by atoms with Gasteiger partial charge >= 0.3 is 0 Å². The van der Waals surface area contributed by atoms with E-state index in [2.05, 4.69) is 15.8 Å². The molecule has 1 heterocycles. The lowest BCUT2D eigenvalue weighted by Gasteiger charge is -2.18. The number of hydrazone groups is 1. The monoisotopic (exact) mass is 231 g/mol. The van der Waals surface area contributed by atoms with Crippen LogP contribution in [0.25, 0.3) is 0 Å². The first-order valence-electron chi connectivity index (χ1n) is 5.95. The average molecular weight is 231 g/mol. The highest BCUT2D eigenvalue weighted by Crippen LogP contribution is 2.08. The Morgan fingerprint density at radius 2 is 2.00 bits per heavy atom. The highest BCUT2D eigenvalue weighted by atomic mass is 16.2. The van der Waals surface area contributed by atoms with Gasteiger partial charge < -0.3 is 5.32 Å². The van der Waals surface area contributed by atoms with Gasteiger partial charge in [0.25, 0.3) is 5.91 Å². The molecule has 0 aromatic heterocycles. The highest BCUT2D eigenvalue weighted by molar-refractivity contribution is 5.94. The van der Waals surface area contributed by atoms with Crippen molar-refractivity contribution in [3.63, 3.8) is 0 Å². The largest absolute Gasteiger partial charge is 0.317 e. The maximum Gasteiger partial charge on any atom is 0.271 e. The second-order valence-electron chi connectivity index (χ2n) is 4.17. The number of amides is 1. The van der Waals surface area contributed by atoms with Gasteiger partial charge in [0, 0.05) is 11.8 Å². The van der Waals surface area contributed by atoms with Crippen LogP contribution >= 0.6 is 0 Å². The summed E-state index contributed by atoms with van der Waals surface area (Å²) in [7, 11) is 0. The number of benzene rings is 1. The second kappa shape index (κ2) is 6.15. The molecule has 17 heavy (non-hydrogen) atoms. The van der Waals surface area contributed by atoms with E-state index in [4.69, 9.17) is 0 Å². The van der Waals surface area contributed by atoms with Crippen molar-refractivity contribution in [3.05, 3.63) is 35.9 Å². The third kappa shape index (κ3) is 3.67. The summed E-state index contributed by atoms with van der Waals surface area (Å²) >= 11 is 0. The zero-order valence-electron chi connectivity index (χ0n) is 9.73. The summed E-state index contributed by atoms with van der Waals surface area (Å²) in [6.07, 6.45) is 4.02. The van der Waals surface area contributed by atoms with Crippen LogP contribution in [0.4, 0.5) is 0 Å². The maximum absolute atomic E-state index is 11.6. The first-order chi connectivity index (χ1) is 8.36. The molecule has 1 aliphatic rings. The van der Waals surface area contributed by atoms with E-state index in [1.807, 2.05) is 24.4 Å². The number of piperidine rings is 1. The number of hydrogen-bond acceptors (Lipinski definition) is 3. The molecule has 0 bridgehead atoms. The van der Waals surface area contributed by atoms with Crippen LogP contribution in [0.2, 0.25) is 0 Å². The van der Waals surface area contributed by atoms with Crippen molar-refractivity contribution in [1.29, 1.82) is 0 Å². The van der Waals surface area contributed by atoms with Gasteiger partial charge in [0.05, 0.1) is 0 Å². The van der Waals surface area contributed by atoms with Crippen molar-refractivity contribution in [3.8, 4) is 0 Å². The van der Waals surface area contributed by atoms with Gasteiger partial charge in [0.1, 0.15) is 0 Å². The van der Waals surface area contributed by atoms with E-state index in [1.165, 1.54) is 0 Å². The number of rotatable bonds is 3. The van der Waals surface area contributed by atoms with E-state index in [1.54, 1.807) is 12.1 Å². The molecule has 1 aromatic rings. The zero-order valence-corrected chi connectivity index (χ0v) is 9.73. The predicted octanol–water partition coefficient (Wildman–Crippen LogP) is 1.40. The Morgan fingerprint density at radius 1 is 1.29 bits per heavy atom. The quantitative estimate of drug-likeness (QED) is 0.610. The van der Waals surface area contributed by atoms with Crippen LogP contribution in [-0.4, -0.2) is 25.2 Å². The molecule has 2 N–H and O–H groups in total. The molecule has 0 atom stereocenters. The SMILES string of the molecule is O=C(NN=CC1CCNCC1)c1ccccc1. The van der Waals surface area contributed by atoms with Gasteiger partial charge in [-0.2, -0.15) is 5.10 Å². The molecule has 0 aliphatic carbocycles. The van der Waals surface area contributed by atoms with Crippen molar-refractivity contribution in [2.75, 3.05) is 13.1 Å². The molecular weight excluding hydrogens is 214 g/mol. The second-order valence-corrected chi connectivity index (χ2v) is 4.17. The minimum absolute atomic E-state index is 0.157. The van der Waals surface area contributed by atoms with Crippen LogP contribution in [0.15, 0.2) is 35.4 Å². The molecule has 0 radical (unpaired) electrons. The lowest BCUT2D eigenvalue weighted by atomic mass is 10.00. The van der Waals surface area contributed by atoms with Crippen LogP contribution in [0.1, 0.15) is 23.2 Å². The molecular formula is C13H17N3O. The van der Waals surface area contributed by atoms with Gasteiger partial charge in [-0.1, -0.05) is 18.2 Å². The Kier molecular flexibility index (Phi) is 4.27. The molecule has 4 heteroatoms. The van der Waals surface area contributed by atoms with E-state index in [-0.39, 0.29) is 5.91 Å². The average Bonchev–Trinajstić information content (AvgIpc) is 2.41. The summed E-state index contributed by atoms with van der Waals surface area (Å²) in [4.78, 5) is 11.6. The lowest BCUT2D eigenvalue weighted by Crippen LogP contribution is -2.29. The highest BCUT2D eigenvalue weighted by Gasteiger charge is 2.10. The number of nitrogens with zero attached hydrogens (tertiary/aromatic N) is 1. The molecule has 4 nitrogen and oxygen atoms in total. The van der Waals surface area contributed by atoms with E-state index in [0.29, 0.717) is 11.5 Å². The van der Waals surface area contributed by atoms with Crippen LogP contribution in [-0.2, 0) is 0 Å². The van der Waals surface area contributed by atoms with Gasteiger partial charge in [0.15, 0.2) is 0 Å². The summed E-state index contributed by atoms with van der Waals surface area (Å²) in [6.45, 7) is 2.06. The summed E-state index contributed by atoms with van der Waals surface area (Å²) in [5.74, 6) is 0.322. The van der Waals surface area contributed by atoms with E-state index in [0.717, 1.165) is 25.9 Å². The van der Waals surface area contributed by atoms with Gasteiger partial charge in [0.2, 0.25) is 0 Å². The predicted molar refractivity (Wildman–Crippen MR) is 68.0 cm³/mol. The Morgan fingerprint density at radius 3 is 2.71 bits per heavy atom. The molecule has 1 aliphatic heterocycles. The number of carbonyl (C=O) groups is 1. The number of hydrogen-bond donors (Lipinski definition) is 2. The summed E-state index contributed by atoms with van der Waals surface area (Å²) < 4.78 is 0. The Labute approximate surface area is 101 Å². The van der Waals surface area contributed by atoms with Crippen LogP contribution in [0.5, 0.6) is 0 Å². The first-order valence-corrected chi connectivity index (χ1v) is 5.95. The summed E-state index contributed by atoms with van der Waals surface area (Å²) in [5, 5.41) is 7.31. The third-order valence-corrected chi connectivity index (χ3v) is 2.87. The van der Waals surface area contributed by atoms with Crippen LogP contribution in [0.3, 0.4) is 0 Å². The molecule has 0 saturated carbocycles. The van der Waals surface area contributed by atoms with E-state index in [9.17, 15) is 4.79 Å². The maximum atomic E-state index is 11.6. The standard InChI is InChI=1S/C13H17N3O/c17-13(12-4-2-1-3-5-12)16-15-10-11-6-8-14-9-7-11/h1-5,10-11,14H,6-9H2,(H,16,17). The minimum atomic E-state index is -0.157. The first kappa shape index (κ1) is 11.8. The molecule has 90 valence electrons. The van der Waals surface area contributed by atoms with Crippen molar-refractivity contribution in [2.45, 2.75) is 12.8 Å². The van der Waals surface area contributed by atoms with Gasteiger partial charge in [-0.05, 0) is 44.0 Å². The molecule has 0 unspecified atom stereocenters. The molecule has 1 saturated heterocycles. The molecule has 1 aromatic carbocycles. The third-order valence-electron chi connectivity index (χ3n) is 2.87. The Balaban J connectivity index is 1.81. The van der Waals surface area contributed by atoms with Crippen molar-refractivity contribution in [1.82, 2.24) is 10.7 Å². The van der Waals surface area contributed by atoms with Crippen LogP contribution in [0, 0.1) is 5.92 Å². The number of carbonyl (C=O) groups excluding carboxylic acids is 1. The number of nitrogens with one attached hydrogen (secondary N) is 2. The van der Waals surface area contributed by atoms with Gasteiger partial charge in [-0.3, -0.25) is 4.79 Å². The summed E-state index contributed by atoms with van der Waals surface area (Å²) in [5.41, 5.74) is 3.19. The van der Waals surface area contributed by atoms with E-state index < -0.39 is 0 Å². The van der Waals surface area contributed by atoms with Gasteiger partial charge in [-0.15, -0.1) is 0 Å². The minimum Gasteiger partial charge on any atom is -0.317 e. The van der Waals surface area contributed by atoms with E-state index >= 15 is 0 Å². The fraction of sp³-hybridized carbons (Fsp3) is 0.385. The van der Waals surface area contributed by atoms with Crippen LogP contribution < -0.4 is 10.7 Å². The molecule has 0 spiro atoms. The lowest BCUT2D eigenvalue weighted by molar-refractivity contribution is 0.0955. The Hall–Kier alpha value is -1.68. The Bertz CT molecular complexity index is 383. The van der Waals surface area contributed by atoms with Crippen molar-refractivity contribution >= 4 is 12.1 Å². The molecule has 1 fully saturated rings. The summed E-state index contributed by atoms with van der Waals surface area (Å²) in [6, 6.07) is 9.11. The topological polar surface area (TPSA) is 53.5 Å².